The Morgan fingerprint density at radius 2 is 2.31 bits per heavy atom. The van der Waals surface area contributed by atoms with Crippen LogP contribution in [0.4, 0.5) is 0 Å². The largest absolute Gasteiger partial charge is 0.337 e. The number of hydrogen-bond donors (Lipinski definition) is 1. The second-order valence-electron chi connectivity index (χ2n) is 3.92. The lowest BCUT2D eigenvalue weighted by molar-refractivity contribution is 0.0791. The lowest BCUT2D eigenvalue weighted by Gasteiger charge is -2.16. The van der Waals surface area contributed by atoms with Crippen LogP contribution in [0.1, 0.15) is 16.8 Å². The van der Waals surface area contributed by atoms with Gasteiger partial charge < -0.3 is 10.6 Å². The molecule has 2 N–H and O–H groups in total. The number of hydrogen-bond acceptors (Lipinski definition) is 2. The highest BCUT2D eigenvalue weighted by Crippen LogP contribution is 2.22. The summed E-state index contributed by atoms with van der Waals surface area (Å²) in [6, 6.07) is 5.56. The predicted molar refractivity (Wildman–Crippen MR) is 72.7 cm³/mol. The summed E-state index contributed by atoms with van der Waals surface area (Å²) in [6.07, 6.45) is 0.869. The van der Waals surface area contributed by atoms with E-state index in [2.05, 4.69) is 22.6 Å². The Morgan fingerprint density at radius 1 is 1.56 bits per heavy atom. The summed E-state index contributed by atoms with van der Waals surface area (Å²) >= 11 is 8.22. The zero-order valence-electron chi connectivity index (χ0n) is 8.62. The van der Waals surface area contributed by atoms with Crippen molar-refractivity contribution in [2.45, 2.75) is 12.5 Å². The number of carbonyl (C=O) groups excluding carboxylic acids is 1. The number of carbonyl (C=O) groups is 1. The van der Waals surface area contributed by atoms with Gasteiger partial charge in [-0.05, 0) is 47.2 Å². The van der Waals surface area contributed by atoms with E-state index in [4.69, 9.17) is 17.3 Å². The molecule has 0 aliphatic carbocycles. The fourth-order valence-corrected chi connectivity index (χ4v) is 2.74. The van der Waals surface area contributed by atoms with Crippen molar-refractivity contribution in [1.29, 1.82) is 0 Å². The SMILES string of the molecule is N[C@@H]1CCN(C(=O)c2ccc(I)cc2Cl)C1. The highest BCUT2D eigenvalue weighted by atomic mass is 127. The molecule has 1 amide bonds. The standard InChI is InChI=1S/C11H12ClIN2O/c12-10-5-7(13)1-2-9(10)11(16)15-4-3-8(14)6-15/h1-2,5,8H,3-4,6,14H2/t8-/m1/s1. The Kier molecular flexibility index (Phi) is 3.71. The van der Waals surface area contributed by atoms with Crippen LogP contribution in [0.5, 0.6) is 0 Å². The number of nitrogens with zero attached hydrogens (tertiary/aromatic N) is 1. The van der Waals surface area contributed by atoms with Gasteiger partial charge in [0.05, 0.1) is 10.6 Å². The van der Waals surface area contributed by atoms with Gasteiger partial charge in [0.1, 0.15) is 0 Å². The van der Waals surface area contributed by atoms with Crippen molar-refractivity contribution in [3.8, 4) is 0 Å². The number of nitrogens with two attached hydrogens (primary N) is 1. The first-order valence-electron chi connectivity index (χ1n) is 5.08. The number of benzene rings is 1. The maximum Gasteiger partial charge on any atom is 0.255 e. The van der Waals surface area contributed by atoms with Crippen LogP contribution in [-0.4, -0.2) is 29.9 Å². The normalized spacial score (nSPS) is 20.2. The van der Waals surface area contributed by atoms with E-state index in [1.54, 1.807) is 17.0 Å². The van der Waals surface area contributed by atoms with Crippen LogP contribution in [0.15, 0.2) is 18.2 Å². The van der Waals surface area contributed by atoms with Crippen molar-refractivity contribution < 1.29 is 4.79 Å². The van der Waals surface area contributed by atoms with Gasteiger partial charge in [-0.1, -0.05) is 11.6 Å². The van der Waals surface area contributed by atoms with Gasteiger partial charge in [-0.25, -0.2) is 0 Å². The molecule has 2 rings (SSSR count). The average molecular weight is 351 g/mol. The van der Waals surface area contributed by atoms with E-state index in [-0.39, 0.29) is 11.9 Å². The lowest BCUT2D eigenvalue weighted by atomic mass is 10.2. The van der Waals surface area contributed by atoms with Crippen LogP contribution in [-0.2, 0) is 0 Å². The molecule has 0 bridgehead atoms. The molecule has 5 heteroatoms. The molecule has 0 spiro atoms. The van der Waals surface area contributed by atoms with Crippen LogP contribution in [0.2, 0.25) is 5.02 Å². The first-order chi connectivity index (χ1) is 7.58. The second-order valence-corrected chi connectivity index (χ2v) is 5.58. The van der Waals surface area contributed by atoms with Crippen LogP contribution in [0.25, 0.3) is 0 Å². The van der Waals surface area contributed by atoms with Crippen molar-refractivity contribution in [3.05, 3.63) is 32.4 Å². The first-order valence-corrected chi connectivity index (χ1v) is 6.53. The third-order valence-electron chi connectivity index (χ3n) is 2.67. The van der Waals surface area contributed by atoms with E-state index in [1.165, 1.54) is 0 Å². The molecular weight excluding hydrogens is 338 g/mol. The second kappa shape index (κ2) is 4.89. The zero-order valence-corrected chi connectivity index (χ0v) is 11.5. The number of rotatable bonds is 1. The third-order valence-corrected chi connectivity index (χ3v) is 3.66. The van der Waals surface area contributed by atoms with Crippen molar-refractivity contribution in [2.24, 2.45) is 5.73 Å². The predicted octanol–water partition coefficient (Wildman–Crippen LogP) is 2.12. The van der Waals surface area contributed by atoms with E-state index in [9.17, 15) is 4.79 Å². The van der Waals surface area contributed by atoms with Crippen molar-refractivity contribution in [3.63, 3.8) is 0 Å². The highest BCUT2D eigenvalue weighted by molar-refractivity contribution is 14.1. The smallest absolute Gasteiger partial charge is 0.255 e. The van der Waals surface area contributed by atoms with E-state index in [0.29, 0.717) is 17.1 Å². The van der Waals surface area contributed by atoms with Gasteiger partial charge in [0.25, 0.3) is 5.91 Å². The van der Waals surface area contributed by atoms with Crippen LogP contribution < -0.4 is 5.73 Å². The Bertz CT molecular complexity index is 424. The highest BCUT2D eigenvalue weighted by Gasteiger charge is 2.25. The number of halogens is 2. The van der Waals surface area contributed by atoms with Gasteiger partial charge in [-0.3, -0.25) is 4.79 Å². The lowest BCUT2D eigenvalue weighted by Crippen LogP contribution is -2.32. The maximum absolute atomic E-state index is 12.1. The monoisotopic (exact) mass is 350 g/mol. The van der Waals surface area contributed by atoms with E-state index >= 15 is 0 Å². The van der Waals surface area contributed by atoms with Gasteiger partial charge in [0.15, 0.2) is 0 Å². The molecule has 86 valence electrons. The minimum absolute atomic E-state index is 0.0191. The molecule has 1 fully saturated rings. The van der Waals surface area contributed by atoms with Crippen LogP contribution in [0.3, 0.4) is 0 Å². The molecule has 3 nitrogen and oxygen atoms in total. The molecule has 0 saturated carbocycles. The number of amides is 1. The summed E-state index contributed by atoms with van der Waals surface area (Å²) in [7, 11) is 0. The average Bonchev–Trinajstić information content (AvgIpc) is 2.64. The fraction of sp³-hybridized carbons (Fsp3) is 0.364. The molecule has 1 heterocycles. The molecule has 16 heavy (non-hydrogen) atoms. The zero-order chi connectivity index (χ0) is 11.7. The van der Waals surface area contributed by atoms with E-state index in [1.807, 2.05) is 6.07 Å². The molecule has 1 aliphatic rings. The molecule has 1 atom stereocenters. The summed E-state index contributed by atoms with van der Waals surface area (Å²) < 4.78 is 1.03. The first kappa shape index (κ1) is 12.1. The molecule has 0 aromatic heterocycles. The molecule has 1 aromatic rings. The summed E-state index contributed by atoms with van der Waals surface area (Å²) in [5.74, 6) is -0.0191. The molecule has 1 aromatic carbocycles. The minimum atomic E-state index is -0.0191. The van der Waals surface area contributed by atoms with Crippen molar-refractivity contribution in [2.75, 3.05) is 13.1 Å². The molecule has 0 unspecified atom stereocenters. The minimum Gasteiger partial charge on any atom is -0.337 e. The Hall–Kier alpha value is -0.330. The van der Waals surface area contributed by atoms with Gasteiger partial charge in [0, 0.05) is 22.7 Å². The Morgan fingerprint density at radius 3 is 2.88 bits per heavy atom. The molecule has 0 radical (unpaired) electrons. The molecule has 1 saturated heterocycles. The topological polar surface area (TPSA) is 46.3 Å². The van der Waals surface area contributed by atoms with Crippen LogP contribution in [0, 0.1) is 3.57 Å². The van der Waals surface area contributed by atoms with Gasteiger partial charge in [-0.2, -0.15) is 0 Å². The molecule has 1 aliphatic heterocycles. The Balaban J connectivity index is 2.21. The van der Waals surface area contributed by atoms with Gasteiger partial charge in [0.2, 0.25) is 0 Å². The van der Waals surface area contributed by atoms with Crippen LogP contribution >= 0.6 is 34.2 Å². The van der Waals surface area contributed by atoms with Crippen molar-refractivity contribution in [1.82, 2.24) is 4.90 Å². The van der Waals surface area contributed by atoms with Crippen molar-refractivity contribution >= 4 is 40.1 Å². The summed E-state index contributed by atoms with van der Waals surface area (Å²) in [5.41, 5.74) is 6.34. The fourth-order valence-electron chi connectivity index (χ4n) is 1.81. The quantitative estimate of drug-likeness (QED) is 0.789. The summed E-state index contributed by atoms with van der Waals surface area (Å²) in [5, 5.41) is 0.511. The van der Waals surface area contributed by atoms with Gasteiger partial charge in [-0.15, -0.1) is 0 Å². The third kappa shape index (κ3) is 2.49. The Labute approximate surface area is 113 Å². The molecular formula is C11H12ClIN2O. The van der Waals surface area contributed by atoms with E-state index in [0.717, 1.165) is 16.5 Å². The maximum atomic E-state index is 12.1. The van der Waals surface area contributed by atoms with Gasteiger partial charge >= 0.3 is 0 Å². The summed E-state index contributed by atoms with van der Waals surface area (Å²) in [4.78, 5) is 13.9. The van der Waals surface area contributed by atoms with E-state index < -0.39 is 0 Å². The number of likely N-dealkylation sites (tertiary alicyclic amines) is 1. The summed E-state index contributed by atoms with van der Waals surface area (Å²) in [6.45, 7) is 1.35.